The minimum absolute atomic E-state index is 0.224. The van der Waals surface area contributed by atoms with Crippen molar-refractivity contribution in [1.82, 2.24) is 9.78 Å². The maximum Gasteiger partial charge on any atom is 0.287 e. The third-order valence-corrected chi connectivity index (χ3v) is 3.68. The Labute approximate surface area is 117 Å². The average Bonchev–Trinajstić information content (AvgIpc) is 2.91. The Morgan fingerprint density at radius 3 is 3.16 bits per heavy atom. The number of nitrogens with zero attached hydrogens (tertiary/aromatic N) is 2. The van der Waals surface area contributed by atoms with Crippen LogP contribution in [0.3, 0.4) is 0 Å². The second kappa shape index (κ2) is 6.91. The van der Waals surface area contributed by atoms with Crippen LogP contribution in [-0.4, -0.2) is 29.5 Å². The SMILES string of the molecule is CCCn1ncc(NCCC2CCOC2)c(Cl)c1=O. The van der Waals surface area contributed by atoms with E-state index < -0.39 is 0 Å². The highest BCUT2D eigenvalue weighted by atomic mass is 35.5. The van der Waals surface area contributed by atoms with E-state index in [2.05, 4.69) is 10.4 Å². The Hall–Kier alpha value is -1.07. The van der Waals surface area contributed by atoms with E-state index in [-0.39, 0.29) is 10.6 Å². The normalized spacial score (nSPS) is 18.7. The highest BCUT2D eigenvalue weighted by molar-refractivity contribution is 6.32. The number of anilines is 1. The summed E-state index contributed by atoms with van der Waals surface area (Å²) in [5.74, 6) is 0.611. The van der Waals surface area contributed by atoms with Crippen molar-refractivity contribution in [1.29, 1.82) is 0 Å². The Bertz CT molecular complexity index is 469. The van der Waals surface area contributed by atoms with E-state index in [4.69, 9.17) is 16.3 Å². The fourth-order valence-electron chi connectivity index (χ4n) is 2.18. The molecule has 0 saturated carbocycles. The molecular weight excluding hydrogens is 266 g/mol. The zero-order chi connectivity index (χ0) is 13.7. The van der Waals surface area contributed by atoms with Crippen LogP contribution in [0, 0.1) is 5.92 Å². The molecule has 0 spiro atoms. The molecule has 1 aliphatic heterocycles. The topological polar surface area (TPSA) is 56.1 Å². The van der Waals surface area contributed by atoms with Crippen molar-refractivity contribution in [2.24, 2.45) is 5.92 Å². The molecule has 0 aromatic carbocycles. The standard InChI is InChI=1S/C13H20ClN3O2/c1-2-6-17-13(18)12(14)11(8-16-17)15-5-3-10-4-7-19-9-10/h8,10,15H,2-7,9H2,1H3. The Morgan fingerprint density at radius 1 is 1.63 bits per heavy atom. The summed E-state index contributed by atoms with van der Waals surface area (Å²) >= 11 is 6.07. The number of rotatable bonds is 6. The number of nitrogens with one attached hydrogen (secondary N) is 1. The summed E-state index contributed by atoms with van der Waals surface area (Å²) in [5.41, 5.74) is 0.399. The van der Waals surface area contributed by atoms with Gasteiger partial charge >= 0.3 is 0 Å². The summed E-state index contributed by atoms with van der Waals surface area (Å²) in [5, 5.41) is 7.53. The maximum absolute atomic E-state index is 11.9. The lowest BCUT2D eigenvalue weighted by Gasteiger charge is -2.11. The largest absolute Gasteiger partial charge is 0.382 e. The van der Waals surface area contributed by atoms with E-state index in [1.165, 1.54) is 4.68 Å². The van der Waals surface area contributed by atoms with Gasteiger partial charge in [0, 0.05) is 26.3 Å². The molecule has 1 fully saturated rings. The zero-order valence-corrected chi connectivity index (χ0v) is 11.9. The van der Waals surface area contributed by atoms with Crippen LogP contribution < -0.4 is 10.9 Å². The van der Waals surface area contributed by atoms with E-state index in [1.807, 2.05) is 6.92 Å². The van der Waals surface area contributed by atoms with Crippen molar-refractivity contribution in [3.8, 4) is 0 Å². The Morgan fingerprint density at radius 2 is 2.47 bits per heavy atom. The molecule has 0 aliphatic carbocycles. The van der Waals surface area contributed by atoms with Crippen LogP contribution in [0.15, 0.2) is 11.0 Å². The number of aromatic nitrogens is 2. The second-order valence-corrected chi connectivity index (χ2v) is 5.22. The number of hydrogen-bond acceptors (Lipinski definition) is 4. The quantitative estimate of drug-likeness (QED) is 0.870. The van der Waals surface area contributed by atoms with Crippen LogP contribution in [0.4, 0.5) is 5.69 Å². The molecule has 0 amide bonds. The van der Waals surface area contributed by atoms with E-state index >= 15 is 0 Å². The van der Waals surface area contributed by atoms with Crippen LogP contribution >= 0.6 is 11.6 Å². The van der Waals surface area contributed by atoms with Gasteiger partial charge in [-0.2, -0.15) is 5.10 Å². The summed E-state index contributed by atoms with van der Waals surface area (Å²) < 4.78 is 6.73. The molecule has 6 heteroatoms. The highest BCUT2D eigenvalue weighted by Gasteiger charge is 2.15. The van der Waals surface area contributed by atoms with Gasteiger partial charge in [0.25, 0.3) is 5.56 Å². The second-order valence-electron chi connectivity index (χ2n) is 4.85. The van der Waals surface area contributed by atoms with Crippen molar-refractivity contribution in [3.05, 3.63) is 21.6 Å². The van der Waals surface area contributed by atoms with E-state index in [0.717, 1.165) is 39.0 Å². The van der Waals surface area contributed by atoms with Gasteiger partial charge in [-0.1, -0.05) is 18.5 Å². The molecule has 0 radical (unpaired) electrons. The minimum Gasteiger partial charge on any atom is -0.382 e. The van der Waals surface area contributed by atoms with Crippen LogP contribution in [0.2, 0.25) is 5.02 Å². The monoisotopic (exact) mass is 285 g/mol. The number of aryl methyl sites for hydroxylation is 1. The van der Waals surface area contributed by atoms with Crippen LogP contribution in [0.25, 0.3) is 0 Å². The maximum atomic E-state index is 11.9. The molecule has 0 bridgehead atoms. The van der Waals surface area contributed by atoms with Crippen molar-refractivity contribution in [2.75, 3.05) is 25.1 Å². The summed E-state index contributed by atoms with van der Waals surface area (Å²) in [6, 6.07) is 0. The van der Waals surface area contributed by atoms with Crippen molar-refractivity contribution in [3.63, 3.8) is 0 Å². The lowest BCUT2D eigenvalue weighted by Crippen LogP contribution is -2.24. The summed E-state index contributed by atoms with van der Waals surface area (Å²) in [6.07, 6.45) is 4.63. The average molecular weight is 286 g/mol. The molecule has 1 aromatic rings. The summed E-state index contributed by atoms with van der Waals surface area (Å²) in [4.78, 5) is 11.9. The summed E-state index contributed by atoms with van der Waals surface area (Å²) in [6.45, 7) is 5.08. The molecule has 5 nitrogen and oxygen atoms in total. The molecule has 1 aliphatic rings. The fraction of sp³-hybridized carbons (Fsp3) is 0.692. The molecule has 2 heterocycles. The lowest BCUT2D eigenvalue weighted by molar-refractivity contribution is 0.185. The number of hydrogen-bond donors (Lipinski definition) is 1. The first kappa shape index (κ1) is 14.3. The van der Waals surface area contributed by atoms with Gasteiger partial charge in [0.1, 0.15) is 5.02 Å². The lowest BCUT2D eigenvalue weighted by atomic mass is 10.1. The van der Waals surface area contributed by atoms with Crippen molar-refractivity contribution < 1.29 is 4.74 Å². The Balaban J connectivity index is 1.92. The van der Waals surface area contributed by atoms with Gasteiger partial charge in [-0.05, 0) is 25.2 Å². The van der Waals surface area contributed by atoms with Gasteiger partial charge < -0.3 is 10.1 Å². The van der Waals surface area contributed by atoms with Crippen molar-refractivity contribution in [2.45, 2.75) is 32.7 Å². The van der Waals surface area contributed by atoms with Gasteiger partial charge in [0.15, 0.2) is 0 Å². The number of halogens is 1. The zero-order valence-electron chi connectivity index (χ0n) is 11.2. The highest BCUT2D eigenvalue weighted by Crippen LogP contribution is 2.18. The molecule has 1 N–H and O–H groups in total. The van der Waals surface area contributed by atoms with Gasteiger partial charge in [0.05, 0.1) is 11.9 Å². The molecule has 106 valence electrons. The molecular formula is C13H20ClN3O2. The van der Waals surface area contributed by atoms with E-state index in [1.54, 1.807) is 6.20 Å². The van der Waals surface area contributed by atoms with Crippen molar-refractivity contribution >= 4 is 17.3 Å². The molecule has 1 unspecified atom stereocenters. The van der Waals surface area contributed by atoms with Crippen LogP contribution in [0.1, 0.15) is 26.2 Å². The molecule has 1 aromatic heterocycles. The fourth-order valence-corrected chi connectivity index (χ4v) is 2.39. The van der Waals surface area contributed by atoms with E-state index in [0.29, 0.717) is 18.2 Å². The van der Waals surface area contributed by atoms with Gasteiger partial charge in [0.2, 0.25) is 0 Å². The summed E-state index contributed by atoms with van der Waals surface area (Å²) in [7, 11) is 0. The van der Waals surface area contributed by atoms with Gasteiger partial charge in [-0.25, -0.2) is 4.68 Å². The Kier molecular flexibility index (Phi) is 5.22. The molecule has 1 saturated heterocycles. The van der Waals surface area contributed by atoms with Crippen LogP contribution in [-0.2, 0) is 11.3 Å². The van der Waals surface area contributed by atoms with E-state index in [9.17, 15) is 4.79 Å². The van der Waals surface area contributed by atoms with Gasteiger partial charge in [-0.3, -0.25) is 4.79 Å². The first-order valence-corrected chi connectivity index (χ1v) is 7.17. The van der Waals surface area contributed by atoms with Gasteiger partial charge in [-0.15, -0.1) is 0 Å². The first-order valence-electron chi connectivity index (χ1n) is 6.79. The third kappa shape index (κ3) is 3.70. The predicted molar refractivity (Wildman–Crippen MR) is 75.8 cm³/mol. The number of ether oxygens (including phenoxy) is 1. The smallest absolute Gasteiger partial charge is 0.287 e. The van der Waals surface area contributed by atoms with Crippen LogP contribution in [0.5, 0.6) is 0 Å². The predicted octanol–water partition coefficient (Wildman–Crippen LogP) is 2.15. The molecule has 2 rings (SSSR count). The molecule has 19 heavy (non-hydrogen) atoms. The minimum atomic E-state index is -0.224. The first-order chi connectivity index (χ1) is 9.22. The molecule has 1 atom stereocenters. The third-order valence-electron chi connectivity index (χ3n) is 3.31.